The number of carbonyl (C=O) groups is 1. The number of aromatic nitrogens is 2. The zero-order valence-electron chi connectivity index (χ0n) is 27.0. The second kappa shape index (κ2) is 12.4. The van der Waals surface area contributed by atoms with Gasteiger partial charge in [0, 0.05) is 28.1 Å². The van der Waals surface area contributed by atoms with Gasteiger partial charge in [0.2, 0.25) is 15.0 Å². The number of sulfone groups is 1. The summed E-state index contributed by atoms with van der Waals surface area (Å²) in [5, 5.41) is 12.0. The lowest BCUT2D eigenvalue weighted by molar-refractivity contribution is 0.0636. The third-order valence-corrected chi connectivity index (χ3v) is 15.4. The molecule has 2 aromatic carbocycles. The number of anilines is 1. The van der Waals surface area contributed by atoms with Crippen LogP contribution < -0.4 is 5.32 Å². The first-order chi connectivity index (χ1) is 21.1. The van der Waals surface area contributed by atoms with Gasteiger partial charge in [-0.2, -0.15) is 5.26 Å². The van der Waals surface area contributed by atoms with Crippen molar-refractivity contribution in [3.8, 4) is 17.2 Å². The number of amides is 1. The Balaban J connectivity index is 2.07. The van der Waals surface area contributed by atoms with Gasteiger partial charge >= 0.3 is 6.09 Å². The lowest BCUT2D eigenvalue weighted by Crippen LogP contribution is -2.40. The number of benzene rings is 2. The van der Waals surface area contributed by atoms with E-state index in [2.05, 4.69) is 36.1 Å². The zero-order valence-corrected chi connectivity index (χ0v) is 30.4. The van der Waals surface area contributed by atoms with Crippen LogP contribution in [0, 0.1) is 23.0 Å². The third kappa shape index (κ3) is 6.75. The Bertz CT molecular complexity index is 2030. The first-order valence-corrected chi connectivity index (χ1v) is 20.1. The minimum absolute atomic E-state index is 0.00412. The fraction of sp³-hybridized carbons (Fsp3) is 0.419. The molecule has 15 heteroatoms. The SMILES string of the molecule is CCS(=O)(=O)c1ncc2c(CO[Si](C)(C)C(C)(C)C)c(Cl)c(-c3ccc(F)c4sc(NC(=O)OC(C)(C)C)c(C#N)c34)c(F)c2n1. The highest BCUT2D eigenvalue weighted by Crippen LogP contribution is 2.47. The summed E-state index contributed by atoms with van der Waals surface area (Å²) >= 11 is 7.77. The van der Waals surface area contributed by atoms with Crippen molar-refractivity contribution in [3.63, 3.8) is 0 Å². The molecule has 0 spiro atoms. The van der Waals surface area contributed by atoms with Crippen LogP contribution in [0.1, 0.15) is 59.6 Å². The number of halogens is 3. The molecule has 2 heterocycles. The van der Waals surface area contributed by atoms with E-state index in [-0.39, 0.29) is 65.1 Å². The van der Waals surface area contributed by atoms with E-state index in [1.165, 1.54) is 19.2 Å². The fourth-order valence-electron chi connectivity index (χ4n) is 4.33. The Labute approximate surface area is 277 Å². The number of hydrogen-bond donors (Lipinski definition) is 1. The summed E-state index contributed by atoms with van der Waals surface area (Å²) in [6, 6.07) is 4.38. The van der Waals surface area contributed by atoms with Crippen LogP contribution in [0.3, 0.4) is 0 Å². The summed E-state index contributed by atoms with van der Waals surface area (Å²) in [7, 11) is -6.31. The number of thiophene rings is 1. The molecule has 9 nitrogen and oxygen atoms in total. The zero-order chi connectivity index (χ0) is 34.6. The molecule has 4 aromatic rings. The number of nitrogens with one attached hydrogen (secondary N) is 1. The predicted molar refractivity (Wildman–Crippen MR) is 180 cm³/mol. The van der Waals surface area contributed by atoms with Crippen LogP contribution in [-0.4, -0.2) is 44.2 Å². The summed E-state index contributed by atoms with van der Waals surface area (Å²) in [5.74, 6) is -2.01. The topological polar surface area (TPSA) is 131 Å². The molecule has 0 saturated heterocycles. The predicted octanol–water partition coefficient (Wildman–Crippen LogP) is 8.98. The van der Waals surface area contributed by atoms with E-state index in [0.29, 0.717) is 5.56 Å². The highest BCUT2D eigenvalue weighted by atomic mass is 35.5. The quantitative estimate of drug-likeness (QED) is 0.149. The molecule has 1 N–H and O–H groups in total. The molecule has 0 aliphatic carbocycles. The molecule has 0 bridgehead atoms. The van der Waals surface area contributed by atoms with E-state index in [4.69, 9.17) is 20.8 Å². The van der Waals surface area contributed by atoms with Crippen LogP contribution >= 0.6 is 22.9 Å². The molecule has 0 fully saturated rings. The fourth-order valence-corrected chi connectivity index (χ4v) is 7.38. The molecule has 4 rings (SSSR count). The summed E-state index contributed by atoms with van der Waals surface area (Å²) in [5.41, 5.74) is -1.19. The van der Waals surface area contributed by atoms with Crippen molar-refractivity contribution in [1.82, 2.24) is 9.97 Å². The summed E-state index contributed by atoms with van der Waals surface area (Å²) in [6.45, 7) is 16.6. The maximum atomic E-state index is 16.7. The smallest absolute Gasteiger partial charge is 0.412 e. The Hall–Kier alpha value is -3.22. The van der Waals surface area contributed by atoms with Crippen molar-refractivity contribution in [2.24, 2.45) is 0 Å². The highest BCUT2D eigenvalue weighted by Gasteiger charge is 2.38. The van der Waals surface area contributed by atoms with Gasteiger partial charge in [-0.3, -0.25) is 5.32 Å². The average molecular weight is 709 g/mol. The number of carbonyl (C=O) groups excluding carboxylic acids is 1. The van der Waals surface area contributed by atoms with Gasteiger partial charge in [0.1, 0.15) is 28.0 Å². The lowest BCUT2D eigenvalue weighted by atomic mass is 9.95. The molecule has 1 amide bonds. The molecule has 0 radical (unpaired) electrons. The minimum Gasteiger partial charge on any atom is -0.444 e. The second-order valence-electron chi connectivity index (χ2n) is 13.2. The number of nitrogens with zero attached hydrogens (tertiary/aromatic N) is 3. The molecule has 2 aromatic heterocycles. The Morgan fingerprint density at radius 2 is 1.83 bits per heavy atom. The van der Waals surface area contributed by atoms with Crippen LogP contribution in [0.25, 0.3) is 32.1 Å². The number of rotatable bonds is 7. The van der Waals surface area contributed by atoms with E-state index < -0.39 is 46.6 Å². The second-order valence-corrected chi connectivity index (χ2v) is 21.6. The Morgan fingerprint density at radius 3 is 2.39 bits per heavy atom. The van der Waals surface area contributed by atoms with Crippen molar-refractivity contribution in [1.29, 1.82) is 5.26 Å². The number of nitriles is 1. The monoisotopic (exact) mass is 708 g/mol. The number of ether oxygens (including phenoxy) is 1. The summed E-state index contributed by atoms with van der Waals surface area (Å²) in [4.78, 5) is 20.7. The van der Waals surface area contributed by atoms with E-state index in [1.807, 2.05) is 19.2 Å². The van der Waals surface area contributed by atoms with E-state index >= 15 is 8.78 Å². The van der Waals surface area contributed by atoms with Crippen molar-refractivity contribution in [2.75, 3.05) is 11.1 Å². The van der Waals surface area contributed by atoms with Crippen molar-refractivity contribution < 1.29 is 31.2 Å². The first-order valence-electron chi connectivity index (χ1n) is 14.3. The van der Waals surface area contributed by atoms with Gasteiger partial charge in [-0.25, -0.2) is 32.0 Å². The molecule has 0 aliphatic rings. The molecular formula is C31H35ClF2N4O5S2Si. The Kier molecular flexibility index (Phi) is 9.62. The maximum Gasteiger partial charge on any atom is 0.412 e. The third-order valence-electron chi connectivity index (χ3n) is 7.83. The molecule has 246 valence electrons. The summed E-state index contributed by atoms with van der Waals surface area (Å²) < 4.78 is 69.1. The van der Waals surface area contributed by atoms with Crippen LogP contribution in [-0.2, 0) is 25.6 Å². The number of hydrogen-bond acceptors (Lipinski definition) is 9. The van der Waals surface area contributed by atoms with Crippen LogP contribution in [0.2, 0.25) is 23.2 Å². The Morgan fingerprint density at radius 1 is 1.17 bits per heavy atom. The standard InChI is InChI=1S/C31H35ClF2N4O5S2Si/c1-10-45(40,41)28-36-14-18-19(15-42-46(8,9)31(5,6)7)23(32)22(24(34)25(18)37-28)16-11-12-20(33)26-21(16)17(13-35)27(44-26)38-29(39)43-30(2,3)4/h11-12,14H,10,15H2,1-9H3,(H,38,39). The normalized spacial score (nSPS) is 12.8. The van der Waals surface area contributed by atoms with Crippen LogP contribution in [0.15, 0.2) is 23.5 Å². The van der Waals surface area contributed by atoms with Crippen LogP contribution in [0.5, 0.6) is 0 Å². The molecule has 46 heavy (non-hydrogen) atoms. The highest BCUT2D eigenvalue weighted by molar-refractivity contribution is 7.91. The first kappa shape index (κ1) is 35.6. The minimum atomic E-state index is -3.92. The molecule has 0 aliphatic heterocycles. The average Bonchev–Trinajstić information content (AvgIpc) is 3.30. The lowest BCUT2D eigenvalue weighted by Gasteiger charge is -2.36. The van der Waals surface area contributed by atoms with E-state index in [1.54, 1.807) is 20.8 Å². The van der Waals surface area contributed by atoms with Crippen LogP contribution in [0.4, 0.5) is 18.6 Å². The van der Waals surface area contributed by atoms with Gasteiger partial charge in [-0.15, -0.1) is 11.3 Å². The van der Waals surface area contributed by atoms with Crippen molar-refractivity contribution in [3.05, 3.63) is 46.1 Å². The van der Waals surface area contributed by atoms with E-state index in [9.17, 15) is 18.5 Å². The summed E-state index contributed by atoms with van der Waals surface area (Å²) in [6.07, 6.45) is 0.349. The van der Waals surface area contributed by atoms with Gasteiger partial charge in [-0.05, 0) is 50.5 Å². The number of fused-ring (bicyclic) bond motifs is 2. The maximum absolute atomic E-state index is 16.7. The van der Waals surface area contributed by atoms with Gasteiger partial charge in [0.15, 0.2) is 14.1 Å². The largest absolute Gasteiger partial charge is 0.444 e. The van der Waals surface area contributed by atoms with Gasteiger partial charge in [-0.1, -0.05) is 45.4 Å². The molecule has 0 unspecified atom stereocenters. The van der Waals surface area contributed by atoms with Crippen molar-refractivity contribution >= 4 is 73.2 Å². The molecule has 0 saturated carbocycles. The molecular weight excluding hydrogens is 674 g/mol. The molecule has 0 atom stereocenters. The van der Waals surface area contributed by atoms with Gasteiger partial charge in [0.25, 0.3) is 0 Å². The van der Waals surface area contributed by atoms with E-state index in [0.717, 1.165) is 17.4 Å². The van der Waals surface area contributed by atoms with Gasteiger partial charge in [0.05, 0.1) is 27.6 Å². The van der Waals surface area contributed by atoms with Gasteiger partial charge < -0.3 is 9.16 Å². The van der Waals surface area contributed by atoms with Crippen molar-refractivity contribution in [2.45, 2.75) is 84.0 Å².